The average Bonchev–Trinajstić information content (AvgIpc) is 2.53. The van der Waals surface area contributed by atoms with Crippen LogP contribution in [0, 0.1) is 6.92 Å². The number of carbonyl (C=O) groups excluding carboxylic acids is 1. The zero-order chi connectivity index (χ0) is 16.1. The van der Waals surface area contributed by atoms with Crippen molar-refractivity contribution in [2.24, 2.45) is 0 Å². The summed E-state index contributed by atoms with van der Waals surface area (Å²) in [5, 5.41) is 12.2. The first-order valence-corrected chi connectivity index (χ1v) is 7.25. The van der Waals surface area contributed by atoms with Gasteiger partial charge in [-0.1, -0.05) is 30.3 Å². The van der Waals surface area contributed by atoms with Crippen molar-refractivity contribution in [1.82, 2.24) is 9.88 Å². The predicted molar refractivity (Wildman–Crippen MR) is 84.8 cm³/mol. The van der Waals surface area contributed by atoms with Crippen molar-refractivity contribution < 1.29 is 9.90 Å². The van der Waals surface area contributed by atoms with Crippen molar-refractivity contribution in [2.75, 3.05) is 6.61 Å². The lowest BCUT2D eigenvalue weighted by Gasteiger charge is -2.17. The van der Waals surface area contributed by atoms with Crippen molar-refractivity contribution in [3.05, 3.63) is 69.6 Å². The molecule has 1 aromatic heterocycles. The van der Waals surface area contributed by atoms with Gasteiger partial charge in [0, 0.05) is 12.2 Å². The molecule has 2 rings (SSSR count). The molecule has 0 saturated heterocycles. The fourth-order valence-corrected chi connectivity index (χ4v) is 2.39. The summed E-state index contributed by atoms with van der Waals surface area (Å²) >= 11 is 0. The van der Waals surface area contributed by atoms with E-state index in [1.807, 2.05) is 44.2 Å². The summed E-state index contributed by atoms with van der Waals surface area (Å²) in [7, 11) is 0. The topological polar surface area (TPSA) is 71.3 Å². The smallest absolute Gasteiger partial charge is 0.263 e. The molecule has 22 heavy (non-hydrogen) atoms. The molecule has 0 radical (unpaired) electrons. The molecule has 116 valence electrons. The van der Waals surface area contributed by atoms with Crippen LogP contribution in [0.25, 0.3) is 0 Å². The molecule has 0 spiro atoms. The van der Waals surface area contributed by atoms with E-state index in [0.717, 1.165) is 11.3 Å². The van der Waals surface area contributed by atoms with Gasteiger partial charge in [-0.2, -0.15) is 0 Å². The summed E-state index contributed by atoms with van der Waals surface area (Å²) in [5.74, 6) is -0.477. The summed E-state index contributed by atoms with van der Waals surface area (Å²) < 4.78 is 1.55. The van der Waals surface area contributed by atoms with Gasteiger partial charge in [0.2, 0.25) is 0 Å². The Morgan fingerprint density at radius 2 is 1.91 bits per heavy atom. The van der Waals surface area contributed by atoms with Crippen LogP contribution in [-0.4, -0.2) is 22.2 Å². The fourth-order valence-electron chi connectivity index (χ4n) is 2.39. The van der Waals surface area contributed by atoms with E-state index in [4.69, 9.17) is 0 Å². The maximum atomic E-state index is 12.4. The Kier molecular flexibility index (Phi) is 5.12. The zero-order valence-corrected chi connectivity index (χ0v) is 12.7. The number of nitrogens with zero attached hydrogens (tertiary/aromatic N) is 1. The van der Waals surface area contributed by atoms with Crippen molar-refractivity contribution in [2.45, 2.75) is 26.4 Å². The Bertz CT molecular complexity index is 708. The number of benzene rings is 1. The van der Waals surface area contributed by atoms with Gasteiger partial charge in [0.25, 0.3) is 11.5 Å². The Balaban J connectivity index is 2.27. The number of aromatic nitrogens is 1. The van der Waals surface area contributed by atoms with Crippen LogP contribution in [0.2, 0.25) is 0 Å². The lowest BCUT2D eigenvalue weighted by atomic mass is 10.1. The normalized spacial score (nSPS) is 12.0. The van der Waals surface area contributed by atoms with E-state index >= 15 is 0 Å². The first-order valence-electron chi connectivity index (χ1n) is 7.25. The van der Waals surface area contributed by atoms with Crippen LogP contribution in [0.1, 0.15) is 34.6 Å². The lowest BCUT2D eigenvalue weighted by Crippen LogP contribution is -2.36. The standard InChI is InChI=1S/C17H20N2O3/c1-3-19-12(2)9-10-14(17(19)22)16(21)18-15(11-20)13-7-5-4-6-8-13/h4-10,15,20H,3,11H2,1-2H3,(H,18,21). The van der Waals surface area contributed by atoms with Crippen LogP contribution in [0.4, 0.5) is 0 Å². The molecular weight excluding hydrogens is 280 g/mol. The maximum absolute atomic E-state index is 12.4. The molecular formula is C17H20N2O3. The van der Waals surface area contributed by atoms with Crippen LogP contribution in [0.15, 0.2) is 47.3 Å². The SMILES string of the molecule is CCn1c(C)ccc(C(=O)NC(CO)c2ccccc2)c1=O. The largest absolute Gasteiger partial charge is 0.394 e. The van der Waals surface area contributed by atoms with Gasteiger partial charge >= 0.3 is 0 Å². The highest BCUT2D eigenvalue weighted by atomic mass is 16.3. The molecule has 1 atom stereocenters. The van der Waals surface area contributed by atoms with E-state index in [1.165, 1.54) is 6.07 Å². The van der Waals surface area contributed by atoms with Crippen molar-refractivity contribution in [3.63, 3.8) is 0 Å². The first kappa shape index (κ1) is 16.0. The molecule has 0 fully saturated rings. The number of aliphatic hydroxyl groups excluding tert-OH is 1. The number of hydrogen-bond donors (Lipinski definition) is 2. The minimum absolute atomic E-state index is 0.0850. The van der Waals surface area contributed by atoms with E-state index in [9.17, 15) is 14.7 Å². The number of rotatable bonds is 5. The van der Waals surface area contributed by atoms with E-state index in [-0.39, 0.29) is 17.7 Å². The van der Waals surface area contributed by atoms with E-state index in [0.29, 0.717) is 6.54 Å². The van der Waals surface area contributed by atoms with Gasteiger partial charge in [-0.05, 0) is 31.5 Å². The van der Waals surface area contributed by atoms with Gasteiger partial charge in [0.15, 0.2) is 0 Å². The number of pyridine rings is 1. The molecule has 0 aliphatic rings. The second kappa shape index (κ2) is 7.04. The lowest BCUT2D eigenvalue weighted by molar-refractivity contribution is 0.0914. The number of aliphatic hydroxyl groups is 1. The van der Waals surface area contributed by atoms with Crippen LogP contribution in [0.5, 0.6) is 0 Å². The zero-order valence-electron chi connectivity index (χ0n) is 12.7. The Morgan fingerprint density at radius 1 is 1.23 bits per heavy atom. The molecule has 0 aliphatic carbocycles. The van der Waals surface area contributed by atoms with Crippen molar-refractivity contribution in [1.29, 1.82) is 0 Å². The summed E-state index contributed by atoms with van der Waals surface area (Å²) in [6.45, 7) is 3.96. The summed E-state index contributed by atoms with van der Waals surface area (Å²) in [6, 6.07) is 11.9. The van der Waals surface area contributed by atoms with Gasteiger partial charge in [-0.3, -0.25) is 9.59 Å². The number of aryl methyl sites for hydroxylation is 1. The van der Waals surface area contributed by atoms with Gasteiger partial charge < -0.3 is 15.0 Å². The molecule has 0 aliphatic heterocycles. The van der Waals surface area contributed by atoms with Crippen LogP contribution in [-0.2, 0) is 6.54 Å². The third-order valence-electron chi connectivity index (χ3n) is 3.64. The number of carbonyl (C=O) groups is 1. The Hall–Kier alpha value is -2.40. The maximum Gasteiger partial charge on any atom is 0.263 e. The monoisotopic (exact) mass is 300 g/mol. The Morgan fingerprint density at radius 3 is 2.50 bits per heavy atom. The third kappa shape index (κ3) is 3.26. The molecule has 2 aromatic rings. The second-order valence-electron chi connectivity index (χ2n) is 5.06. The number of amides is 1. The van der Waals surface area contributed by atoms with Gasteiger partial charge in [-0.15, -0.1) is 0 Å². The van der Waals surface area contributed by atoms with Crippen molar-refractivity contribution in [3.8, 4) is 0 Å². The molecule has 0 bridgehead atoms. The first-order chi connectivity index (χ1) is 10.6. The second-order valence-corrected chi connectivity index (χ2v) is 5.06. The molecule has 1 heterocycles. The highest BCUT2D eigenvalue weighted by Crippen LogP contribution is 2.12. The molecule has 1 unspecified atom stereocenters. The minimum Gasteiger partial charge on any atom is -0.394 e. The van der Waals surface area contributed by atoms with Crippen LogP contribution >= 0.6 is 0 Å². The fraction of sp³-hybridized carbons (Fsp3) is 0.294. The van der Waals surface area contributed by atoms with Gasteiger partial charge in [-0.25, -0.2) is 0 Å². The molecule has 1 aromatic carbocycles. The van der Waals surface area contributed by atoms with Crippen LogP contribution < -0.4 is 10.9 Å². The molecule has 1 amide bonds. The highest BCUT2D eigenvalue weighted by molar-refractivity contribution is 5.94. The quantitative estimate of drug-likeness (QED) is 0.882. The van der Waals surface area contributed by atoms with Crippen molar-refractivity contribution >= 4 is 5.91 Å². The number of nitrogens with one attached hydrogen (secondary N) is 1. The third-order valence-corrected chi connectivity index (χ3v) is 3.64. The summed E-state index contributed by atoms with van der Waals surface area (Å²) in [6.07, 6.45) is 0. The molecule has 0 saturated carbocycles. The minimum atomic E-state index is -0.538. The summed E-state index contributed by atoms with van der Waals surface area (Å²) in [5.41, 5.74) is 1.37. The van der Waals surface area contributed by atoms with Crippen LogP contribution in [0.3, 0.4) is 0 Å². The summed E-state index contributed by atoms with van der Waals surface area (Å²) in [4.78, 5) is 24.7. The highest BCUT2D eigenvalue weighted by Gasteiger charge is 2.18. The Labute approximate surface area is 129 Å². The van der Waals surface area contributed by atoms with E-state index in [2.05, 4.69) is 5.32 Å². The predicted octanol–water partition coefficient (Wildman–Crippen LogP) is 1.64. The molecule has 2 N–H and O–H groups in total. The average molecular weight is 300 g/mol. The van der Waals surface area contributed by atoms with Gasteiger partial charge in [0.05, 0.1) is 12.6 Å². The number of hydrogen-bond acceptors (Lipinski definition) is 3. The molecule has 5 nitrogen and oxygen atoms in total. The molecule has 5 heteroatoms. The van der Waals surface area contributed by atoms with E-state index in [1.54, 1.807) is 10.6 Å². The van der Waals surface area contributed by atoms with Gasteiger partial charge in [0.1, 0.15) is 5.56 Å². The van der Waals surface area contributed by atoms with E-state index < -0.39 is 11.9 Å².